The Kier molecular flexibility index (Phi) is 5.45. The minimum absolute atomic E-state index is 0.183. The van der Waals surface area contributed by atoms with E-state index >= 15 is 0 Å². The number of aryl methyl sites for hydroxylation is 1. The Hall–Kier alpha value is -1.75. The number of hydrogen-bond donors (Lipinski definition) is 1. The van der Waals surface area contributed by atoms with Crippen LogP contribution in [0.2, 0.25) is 0 Å². The third kappa shape index (κ3) is 3.63. The molecule has 0 aliphatic heterocycles. The minimum atomic E-state index is -0.499. The van der Waals surface area contributed by atoms with Crippen molar-refractivity contribution >= 4 is 5.97 Å². The summed E-state index contributed by atoms with van der Waals surface area (Å²) in [5.41, 5.74) is 1.08. The standard InChI is InChI=1S/C13H19NO4/c1-9-5-6-11(12(7-9)16-3)18-8-10(14-2)13(15)17-4/h5-7,10,14H,8H2,1-4H3. The van der Waals surface area contributed by atoms with Crippen molar-refractivity contribution in [2.75, 3.05) is 27.9 Å². The highest BCUT2D eigenvalue weighted by Gasteiger charge is 2.18. The van der Waals surface area contributed by atoms with Crippen molar-refractivity contribution < 1.29 is 19.0 Å². The Morgan fingerprint density at radius 1 is 1.33 bits per heavy atom. The lowest BCUT2D eigenvalue weighted by molar-refractivity contribution is -0.143. The van der Waals surface area contributed by atoms with Crippen LogP contribution in [0.3, 0.4) is 0 Å². The van der Waals surface area contributed by atoms with E-state index in [4.69, 9.17) is 9.47 Å². The highest BCUT2D eigenvalue weighted by atomic mass is 16.5. The molecule has 0 heterocycles. The first-order valence-electron chi connectivity index (χ1n) is 5.65. The molecule has 1 rings (SSSR count). The summed E-state index contributed by atoms with van der Waals surface area (Å²) >= 11 is 0. The molecule has 0 fully saturated rings. The second-order valence-corrected chi connectivity index (χ2v) is 3.83. The summed E-state index contributed by atoms with van der Waals surface area (Å²) in [6, 6.07) is 5.12. The maximum Gasteiger partial charge on any atom is 0.326 e. The fraction of sp³-hybridized carbons (Fsp3) is 0.462. The van der Waals surface area contributed by atoms with E-state index in [0.29, 0.717) is 11.5 Å². The van der Waals surface area contributed by atoms with Crippen LogP contribution >= 0.6 is 0 Å². The Labute approximate surface area is 107 Å². The van der Waals surface area contributed by atoms with E-state index in [0.717, 1.165) is 5.56 Å². The summed E-state index contributed by atoms with van der Waals surface area (Å²) in [5.74, 6) is 0.894. The van der Waals surface area contributed by atoms with Crippen molar-refractivity contribution in [2.24, 2.45) is 0 Å². The zero-order valence-electron chi connectivity index (χ0n) is 11.1. The lowest BCUT2D eigenvalue weighted by Gasteiger charge is -2.16. The molecule has 0 aromatic heterocycles. The number of esters is 1. The predicted octanol–water partition coefficient (Wildman–Crippen LogP) is 1.14. The molecule has 0 aliphatic rings. The molecule has 1 unspecified atom stereocenters. The molecule has 0 radical (unpaired) electrons. The van der Waals surface area contributed by atoms with Gasteiger partial charge in [-0.15, -0.1) is 0 Å². The molecule has 0 saturated heterocycles. The molecule has 1 aromatic rings. The van der Waals surface area contributed by atoms with Gasteiger partial charge in [0.15, 0.2) is 11.5 Å². The summed E-state index contributed by atoms with van der Waals surface area (Å²) < 4.78 is 15.4. The zero-order chi connectivity index (χ0) is 13.5. The monoisotopic (exact) mass is 253 g/mol. The van der Waals surface area contributed by atoms with Crippen LogP contribution in [-0.4, -0.2) is 39.9 Å². The first-order chi connectivity index (χ1) is 8.62. The topological polar surface area (TPSA) is 56.8 Å². The molecule has 0 spiro atoms. The van der Waals surface area contributed by atoms with Crippen molar-refractivity contribution in [3.63, 3.8) is 0 Å². The van der Waals surface area contributed by atoms with Crippen LogP contribution in [-0.2, 0) is 9.53 Å². The van der Waals surface area contributed by atoms with Gasteiger partial charge < -0.3 is 19.5 Å². The number of rotatable bonds is 6. The Morgan fingerprint density at radius 3 is 2.61 bits per heavy atom. The molecule has 1 aromatic carbocycles. The van der Waals surface area contributed by atoms with Gasteiger partial charge in [-0.1, -0.05) is 6.07 Å². The fourth-order valence-electron chi connectivity index (χ4n) is 1.48. The van der Waals surface area contributed by atoms with Gasteiger partial charge in [-0.05, 0) is 31.7 Å². The molecular weight excluding hydrogens is 234 g/mol. The van der Waals surface area contributed by atoms with Gasteiger partial charge in [0.1, 0.15) is 12.6 Å². The molecule has 0 bridgehead atoms. The van der Waals surface area contributed by atoms with Gasteiger partial charge >= 0.3 is 5.97 Å². The molecule has 1 atom stereocenters. The molecule has 0 saturated carbocycles. The number of benzene rings is 1. The van der Waals surface area contributed by atoms with E-state index in [1.807, 2.05) is 25.1 Å². The number of hydrogen-bond acceptors (Lipinski definition) is 5. The number of likely N-dealkylation sites (N-methyl/N-ethyl adjacent to an activating group) is 1. The van der Waals surface area contributed by atoms with Crippen LogP contribution < -0.4 is 14.8 Å². The number of carbonyl (C=O) groups excluding carboxylic acids is 1. The summed E-state index contributed by atoms with van der Waals surface area (Å²) in [4.78, 5) is 11.4. The maximum atomic E-state index is 11.4. The highest BCUT2D eigenvalue weighted by Crippen LogP contribution is 2.27. The average molecular weight is 253 g/mol. The third-order valence-electron chi connectivity index (χ3n) is 2.56. The van der Waals surface area contributed by atoms with E-state index in [9.17, 15) is 4.79 Å². The summed E-state index contributed by atoms with van der Waals surface area (Å²) in [6.45, 7) is 2.15. The number of nitrogens with one attached hydrogen (secondary N) is 1. The van der Waals surface area contributed by atoms with Crippen molar-refractivity contribution in [1.29, 1.82) is 0 Å². The first kappa shape index (κ1) is 14.3. The molecule has 0 aliphatic carbocycles. The lowest BCUT2D eigenvalue weighted by atomic mass is 10.2. The Balaban J connectivity index is 2.70. The van der Waals surface area contributed by atoms with E-state index in [2.05, 4.69) is 10.1 Å². The van der Waals surface area contributed by atoms with Crippen molar-refractivity contribution in [2.45, 2.75) is 13.0 Å². The molecule has 100 valence electrons. The quantitative estimate of drug-likeness (QED) is 0.771. The predicted molar refractivity (Wildman–Crippen MR) is 68.1 cm³/mol. The number of methoxy groups -OCH3 is 2. The number of ether oxygens (including phenoxy) is 3. The fourth-order valence-corrected chi connectivity index (χ4v) is 1.48. The van der Waals surface area contributed by atoms with Crippen LogP contribution in [0.15, 0.2) is 18.2 Å². The Morgan fingerprint density at radius 2 is 2.06 bits per heavy atom. The van der Waals surface area contributed by atoms with Crippen molar-refractivity contribution in [3.05, 3.63) is 23.8 Å². The molecule has 5 nitrogen and oxygen atoms in total. The van der Waals surface area contributed by atoms with E-state index < -0.39 is 6.04 Å². The molecule has 5 heteroatoms. The normalized spacial score (nSPS) is 11.8. The zero-order valence-corrected chi connectivity index (χ0v) is 11.1. The number of carbonyl (C=O) groups is 1. The molecule has 1 N–H and O–H groups in total. The SMILES string of the molecule is CNC(COc1ccc(C)cc1OC)C(=O)OC. The van der Waals surface area contributed by atoms with Gasteiger partial charge in [-0.3, -0.25) is 4.79 Å². The average Bonchev–Trinajstić information content (AvgIpc) is 2.40. The van der Waals surface area contributed by atoms with Gasteiger partial charge in [0.25, 0.3) is 0 Å². The first-order valence-corrected chi connectivity index (χ1v) is 5.65. The van der Waals surface area contributed by atoms with Crippen molar-refractivity contribution in [3.8, 4) is 11.5 Å². The molecular formula is C13H19NO4. The summed E-state index contributed by atoms with van der Waals surface area (Å²) in [5, 5.41) is 2.83. The molecule has 0 amide bonds. The second kappa shape index (κ2) is 6.86. The summed E-state index contributed by atoms with van der Waals surface area (Å²) in [6.07, 6.45) is 0. The molecule has 18 heavy (non-hydrogen) atoms. The smallest absolute Gasteiger partial charge is 0.326 e. The summed E-state index contributed by atoms with van der Waals surface area (Å²) in [7, 11) is 4.61. The minimum Gasteiger partial charge on any atom is -0.493 e. The van der Waals surface area contributed by atoms with Gasteiger partial charge in [0.2, 0.25) is 0 Å². The third-order valence-corrected chi connectivity index (χ3v) is 2.56. The van der Waals surface area contributed by atoms with Gasteiger partial charge in [0, 0.05) is 0 Å². The van der Waals surface area contributed by atoms with E-state index in [1.165, 1.54) is 7.11 Å². The van der Waals surface area contributed by atoms with Crippen LogP contribution in [0.1, 0.15) is 5.56 Å². The largest absolute Gasteiger partial charge is 0.493 e. The Bertz CT molecular complexity index is 406. The van der Waals surface area contributed by atoms with Gasteiger partial charge in [-0.25, -0.2) is 0 Å². The maximum absolute atomic E-state index is 11.4. The van der Waals surface area contributed by atoms with Crippen LogP contribution in [0.25, 0.3) is 0 Å². The highest BCUT2D eigenvalue weighted by molar-refractivity contribution is 5.75. The van der Waals surface area contributed by atoms with Crippen LogP contribution in [0, 0.1) is 6.92 Å². The van der Waals surface area contributed by atoms with Gasteiger partial charge in [-0.2, -0.15) is 0 Å². The van der Waals surface area contributed by atoms with Crippen molar-refractivity contribution in [1.82, 2.24) is 5.32 Å². The van der Waals surface area contributed by atoms with Crippen LogP contribution in [0.5, 0.6) is 11.5 Å². The van der Waals surface area contributed by atoms with Crippen LogP contribution in [0.4, 0.5) is 0 Å². The lowest BCUT2D eigenvalue weighted by Crippen LogP contribution is -2.40. The van der Waals surface area contributed by atoms with E-state index in [1.54, 1.807) is 14.2 Å². The van der Waals surface area contributed by atoms with Gasteiger partial charge in [0.05, 0.1) is 14.2 Å². The second-order valence-electron chi connectivity index (χ2n) is 3.83. The van der Waals surface area contributed by atoms with E-state index in [-0.39, 0.29) is 12.6 Å².